The Labute approximate surface area is 148 Å². The van der Waals surface area contributed by atoms with Crippen LogP contribution < -0.4 is 4.90 Å². The molecule has 2 aliphatic heterocycles. The molecule has 4 rings (SSSR count). The van der Waals surface area contributed by atoms with Crippen LogP contribution in [0.3, 0.4) is 0 Å². The Kier molecular flexibility index (Phi) is 4.47. The lowest BCUT2D eigenvalue weighted by atomic mass is 10.1. The van der Waals surface area contributed by atoms with Crippen LogP contribution in [-0.2, 0) is 4.74 Å². The molecule has 5 nitrogen and oxygen atoms in total. The van der Waals surface area contributed by atoms with E-state index < -0.39 is 0 Å². The molecule has 5 heteroatoms. The van der Waals surface area contributed by atoms with Crippen molar-refractivity contribution in [1.82, 2.24) is 9.88 Å². The molecule has 0 N–H and O–H groups in total. The van der Waals surface area contributed by atoms with Crippen LogP contribution in [0.4, 0.5) is 10.6 Å². The highest BCUT2D eigenvalue weighted by atomic mass is 16.6. The fraction of sp³-hybridized carbons (Fsp3) is 0.500. The lowest BCUT2D eigenvalue weighted by Crippen LogP contribution is -2.56. The van der Waals surface area contributed by atoms with E-state index in [0.29, 0.717) is 6.61 Å². The average molecular weight is 339 g/mol. The lowest BCUT2D eigenvalue weighted by molar-refractivity contribution is 0.0776. The number of hydrogen-bond donors (Lipinski definition) is 0. The summed E-state index contributed by atoms with van der Waals surface area (Å²) in [4.78, 5) is 21.4. The van der Waals surface area contributed by atoms with Crippen LogP contribution in [-0.4, -0.2) is 47.8 Å². The number of piperazine rings is 1. The zero-order chi connectivity index (χ0) is 17.2. The summed E-state index contributed by atoms with van der Waals surface area (Å²) in [7, 11) is 0. The van der Waals surface area contributed by atoms with Gasteiger partial charge in [-0.3, -0.25) is 4.90 Å². The number of amides is 1. The van der Waals surface area contributed by atoms with E-state index in [9.17, 15) is 4.79 Å². The number of aromatic nitrogens is 1. The fourth-order valence-electron chi connectivity index (χ4n) is 4.01. The van der Waals surface area contributed by atoms with E-state index in [1.165, 1.54) is 5.39 Å². The van der Waals surface area contributed by atoms with Crippen LogP contribution in [0.25, 0.3) is 10.8 Å². The average Bonchev–Trinajstić information content (AvgIpc) is 2.91. The molecule has 2 aromatic rings. The lowest BCUT2D eigenvalue weighted by Gasteiger charge is -2.40. The molecule has 0 spiro atoms. The van der Waals surface area contributed by atoms with E-state index in [1.807, 2.05) is 17.2 Å². The van der Waals surface area contributed by atoms with Crippen molar-refractivity contribution < 1.29 is 9.53 Å². The van der Waals surface area contributed by atoms with Crippen LogP contribution in [0.15, 0.2) is 36.5 Å². The van der Waals surface area contributed by atoms with Gasteiger partial charge in [0.25, 0.3) is 0 Å². The first-order chi connectivity index (χ1) is 12.3. The van der Waals surface area contributed by atoms with Gasteiger partial charge in [0.15, 0.2) is 0 Å². The SMILES string of the molecule is CCCCOC(=O)N1C2CCC1CN(c1cc3ccccc3cn1)C2. The van der Waals surface area contributed by atoms with Gasteiger partial charge >= 0.3 is 6.09 Å². The first-order valence-electron chi connectivity index (χ1n) is 9.31. The van der Waals surface area contributed by atoms with Crippen molar-refractivity contribution in [2.24, 2.45) is 0 Å². The summed E-state index contributed by atoms with van der Waals surface area (Å²) in [5, 5.41) is 2.37. The summed E-state index contributed by atoms with van der Waals surface area (Å²) in [5.74, 6) is 1.01. The quantitative estimate of drug-likeness (QED) is 0.794. The van der Waals surface area contributed by atoms with Gasteiger partial charge < -0.3 is 9.64 Å². The molecule has 2 bridgehead atoms. The Morgan fingerprint density at radius 2 is 1.92 bits per heavy atom. The fourth-order valence-corrected chi connectivity index (χ4v) is 4.01. The number of unbranched alkanes of at least 4 members (excludes halogenated alkanes) is 1. The van der Waals surface area contributed by atoms with Gasteiger partial charge in [-0.05, 0) is 30.7 Å². The number of pyridine rings is 1. The van der Waals surface area contributed by atoms with Gasteiger partial charge in [-0.2, -0.15) is 0 Å². The van der Waals surface area contributed by atoms with E-state index in [1.54, 1.807) is 0 Å². The van der Waals surface area contributed by atoms with Gasteiger partial charge in [0, 0.05) is 24.7 Å². The molecule has 0 radical (unpaired) electrons. The minimum atomic E-state index is -0.132. The molecule has 2 fully saturated rings. The summed E-state index contributed by atoms with van der Waals surface area (Å²) in [6, 6.07) is 10.9. The number of ether oxygens (including phenoxy) is 1. The van der Waals surface area contributed by atoms with Crippen molar-refractivity contribution in [3.63, 3.8) is 0 Å². The molecule has 2 unspecified atom stereocenters. The van der Waals surface area contributed by atoms with Gasteiger partial charge in [0.05, 0.1) is 18.7 Å². The maximum atomic E-state index is 12.4. The summed E-state index contributed by atoms with van der Waals surface area (Å²) >= 11 is 0. The van der Waals surface area contributed by atoms with Gasteiger partial charge in [0.1, 0.15) is 5.82 Å². The largest absolute Gasteiger partial charge is 0.449 e. The highest BCUT2D eigenvalue weighted by molar-refractivity contribution is 5.84. The number of rotatable bonds is 4. The second kappa shape index (κ2) is 6.90. The van der Waals surface area contributed by atoms with Gasteiger partial charge in [-0.15, -0.1) is 0 Å². The molecule has 3 heterocycles. The number of fused-ring (bicyclic) bond motifs is 3. The van der Waals surface area contributed by atoms with Crippen molar-refractivity contribution >= 4 is 22.7 Å². The van der Waals surface area contributed by atoms with E-state index in [-0.39, 0.29) is 18.2 Å². The number of carbonyl (C=O) groups is 1. The summed E-state index contributed by atoms with van der Waals surface area (Å²) in [6.45, 7) is 4.31. The Morgan fingerprint density at radius 1 is 1.20 bits per heavy atom. The predicted molar refractivity (Wildman–Crippen MR) is 98.9 cm³/mol. The highest BCUT2D eigenvalue weighted by Crippen LogP contribution is 2.33. The van der Waals surface area contributed by atoms with Crippen molar-refractivity contribution in [2.45, 2.75) is 44.7 Å². The molecule has 1 aromatic carbocycles. The van der Waals surface area contributed by atoms with Crippen LogP contribution in [0.5, 0.6) is 0 Å². The van der Waals surface area contributed by atoms with Crippen molar-refractivity contribution in [3.05, 3.63) is 36.5 Å². The van der Waals surface area contributed by atoms with Crippen LogP contribution in [0.1, 0.15) is 32.6 Å². The molecule has 1 amide bonds. The minimum absolute atomic E-state index is 0.132. The standard InChI is InChI=1S/C20H25N3O2/c1-2-3-10-25-20(24)23-17-8-9-18(23)14-22(13-17)19-11-15-6-4-5-7-16(15)12-21-19/h4-7,11-12,17-18H,2-3,8-10,13-14H2,1H3. The van der Waals surface area contributed by atoms with Crippen LogP contribution >= 0.6 is 0 Å². The molecule has 25 heavy (non-hydrogen) atoms. The first-order valence-corrected chi connectivity index (χ1v) is 9.31. The summed E-state index contributed by atoms with van der Waals surface area (Å²) in [5.41, 5.74) is 0. The Hall–Kier alpha value is -2.30. The second-order valence-corrected chi connectivity index (χ2v) is 7.05. The smallest absolute Gasteiger partial charge is 0.410 e. The first kappa shape index (κ1) is 16.2. The second-order valence-electron chi connectivity index (χ2n) is 7.05. The molecular weight excluding hydrogens is 314 g/mol. The number of hydrogen-bond acceptors (Lipinski definition) is 4. The molecule has 1 aromatic heterocycles. The number of benzene rings is 1. The van der Waals surface area contributed by atoms with E-state index >= 15 is 0 Å². The Balaban J connectivity index is 1.48. The van der Waals surface area contributed by atoms with E-state index in [0.717, 1.165) is 50.0 Å². The number of anilines is 1. The van der Waals surface area contributed by atoms with Gasteiger partial charge in [0.2, 0.25) is 0 Å². The zero-order valence-electron chi connectivity index (χ0n) is 14.7. The molecule has 0 saturated carbocycles. The maximum Gasteiger partial charge on any atom is 0.410 e. The molecular formula is C20H25N3O2. The molecule has 2 saturated heterocycles. The molecule has 2 aliphatic rings. The summed E-state index contributed by atoms with van der Waals surface area (Å²) < 4.78 is 5.45. The van der Waals surface area contributed by atoms with E-state index in [2.05, 4.69) is 41.1 Å². The third-order valence-corrected chi connectivity index (χ3v) is 5.36. The number of carbonyl (C=O) groups excluding carboxylic acids is 1. The summed E-state index contributed by atoms with van der Waals surface area (Å²) in [6.07, 6.45) is 5.89. The van der Waals surface area contributed by atoms with Crippen LogP contribution in [0.2, 0.25) is 0 Å². The highest BCUT2D eigenvalue weighted by Gasteiger charge is 2.43. The van der Waals surface area contributed by atoms with Gasteiger partial charge in [-0.25, -0.2) is 9.78 Å². The Bertz CT molecular complexity index is 749. The van der Waals surface area contributed by atoms with Gasteiger partial charge in [-0.1, -0.05) is 37.6 Å². The van der Waals surface area contributed by atoms with Crippen molar-refractivity contribution in [1.29, 1.82) is 0 Å². The van der Waals surface area contributed by atoms with E-state index in [4.69, 9.17) is 4.74 Å². The predicted octanol–water partition coefficient (Wildman–Crippen LogP) is 3.82. The third-order valence-electron chi connectivity index (χ3n) is 5.36. The zero-order valence-corrected chi connectivity index (χ0v) is 14.7. The van der Waals surface area contributed by atoms with Crippen molar-refractivity contribution in [2.75, 3.05) is 24.6 Å². The molecule has 132 valence electrons. The normalized spacial score (nSPS) is 22.4. The Morgan fingerprint density at radius 3 is 2.64 bits per heavy atom. The minimum Gasteiger partial charge on any atom is -0.449 e. The molecule has 2 atom stereocenters. The third kappa shape index (κ3) is 3.15. The molecule has 0 aliphatic carbocycles. The topological polar surface area (TPSA) is 45.7 Å². The monoisotopic (exact) mass is 339 g/mol. The van der Waals surface area contributed by atoms with Crippen LogP contribution in [0, 0.1) is 0 Å². The van der Waals surface area contributed by atoms with Crippen molar-refractivity contribution in [3.8, 4) is 0 Å². The maximum absolute atomic E-state index is 12.4. The number of nitrogens with zero attached hydrogens (tertiary/aromatic N) is 3.